The summed E-state index contributed by atoms with van der Waals surface area (Å²) in [7, 11) is 0. The third kappa shape index (κ3) is 5.11. The lowest BCUT2D eigenvalue weighted by Gasteiger charge is -2.30. The van der Waals surface area contributed by atoms with Gasteiger partial charge in [-0.25, -0.2) is 9.79 Å². The second-order valence-electron chi connectivity index (χ2n) is 9.44. The predicted molar refractivity (Wildman–Crippen MR) is 150 cm³/mol. The number of aromatic nitrogens is 1. The van der Waals surface area contributed by atoms with Crippen LogP contribution in [-0.2, 0) is 4.79 Å². The van der Waals surface area contributed by atoms with Crippen molar-refractivity contribution in [2.45, 2.75) is 52.0 Å². The highest BCUT2D eigenvalue weighted by Crippen LogP contribution is 2.39. The number of benzene rings is 2. The third-order valence-electron chi connectivity index (χ3n) is 6.96. The number of thioether (sulfide) groups is 1. The van der Waals surface area contributed by atoms with Gasteiger partial charge in [0.15, 0.2) is 5.17 Å². The molecule has 0 spiro atoms. The molecule has 2 fully saturated rings. The zero-order chi connectivity index (χ0) is 26.1. The molecule has 1 saturated carbocycles. The van der Waals surface area contributed by atoms with Gasteiger partial charge in [-0.3, -0.25) is 9.69 Å². The van der Waals surface area contributed by atoms with Gasteiger partial charge in [-0.1, -0.05) is 49.1 Å². The number of amides is 1. The fraction of sp³-hybridized carbons (Fsp3) is 0.276. The Morgan fingerprint density at radius 1 is 1.08 bits per heavy atom. The smallest absolute Gasteiger partial charge is 0.337 e. The van der Waals surface area contributed by atoms with Crippen molar-refractivity contribution in [1.82, 2.24) is 9.47 Å². The molecule has 2 aromatic carbocycles. The van der Waals surface area contributed by atoms with Crippen LogP contribution in [0.4, 0.5) is 5.69 Å². The maximum Gasteiger partial charge on any atom is 0.337 e. The highest BCUT2D eigenvalue weighted by molar-refractivity contribution is 8.18. The molecule has 190 valence electrons. The lowest BCUT2D eigenvalue weighted by molar-refractivity contribution is -0.124. The van der Waals surface area contributed by atoms with Crippen LogP contribution in [0.15, 0.2) is 64.5 Å². The minimum absolute atomic E-state index is 0.00485. The van der Waals surface area contributed by atoms with Crippen molar-refractivity contribution in [2.75, 3.05) is 0 Å². The molecule has 0 bridgehead atoms. The summed E-state index contributed by atoms with van der Waals surface area (Å²) in [6, 6.07) is 16.9. The van der Waals surface area contributed by atoms with Gasteiger partial charge < -0.3 is 9.67 Å². The molecule has 3 aromatic rings. The fourth-order valence-electron chi connectivity index (χ4n) is 5.13. The standard InChI is InChI=1S/C29H28ClN3O3S/c1-18-15-20(19(2)32(18)23-13-14-24(28(35)36)25(30)17-23)16-26-27(34)33(22-11-7-4-8-12-22)29(37-26)31-21-9-5-3-6-10-21/h3,5-6,9-10,13-17,22H,4,7-8,11-12H2,1-2H3,(H,35,36)/b26-16-,31-29?. The first-order valence-electron chi connectivity index (χ1n) is 12.4. The fourth-order valence-corrected chi connectivity index (χ4v) is 6.43. The van der Waals surface area contributed by atoms with Crippen molar-refractivity contribution in [3.05, 3.63) is 87.0 Å². The second-order valence-corrected chi connectivity index (χ2v) is 10.9. The Morgan fingerprint density at radius 3 is 2.49 bits per heavy atom. The number of para-hydroxylation sites is 1. The number of aromatic carboxylic acids is 1. The van der Waals surface area contributed by atoms with E-state index in [0.29, 0.717) is 4.91 Å². The van der Waals surface area contributed by atoms with E-state index >= 15 is 0 Å². The third-order valence-corrected chi connectivity index (χ3v) is 8.25. The zero-order valence-electron chi connectivity index (χ0n) is 20.8. The summed E-state index contributed by atoms with van der Waals surface area (Å²) >= 11 is 7.67. The van der Waals surface area contributed by atoms with Crippen LogP contribution in [0.3, 0.4) is 0 Å². The van der Waals surface area contributed by atoms with Crippen LogP contribution in [-0.4, -0.2) is 37.7 Å². The summed E-state index contributed by atoms with van der Waals surface area (Å²) in [6.07, 6.45) is 7.40. The number of rotatable bonds is 5. The van der Waals surface area contributed by atoms with Crippen LogP contribution in [0.5, 0.6) is 0 Å². The van der Waals surface area contributed by atoms with E-state index in [1.165, 1.54) is 24.2 Å². The Labute approximate surface area is 225 Å². The maximum absolute atomic E-state index is 13.7. The van der Waals surface area contributed by atoms with E-state index < -0.39 is 5.97 Å². The van der Waals surface area contributed by atoms with E-state index in [1.54, 1.807) is 12.1 Å². The monoisotopic (exact) mass is 533 g/mol. The summed E-state index contributed by atoms with van der Waals surface area (Å²) < 4.78 is 2.02. The molecule has 1 N–H and O–H groups in total. The summed E-state index contributed by atoms with van der Waals surface area (Å²) in [5, 5.41) is 10.2. The lowest BCUT2D eigenvalue weighted by Crippen LogP contribution is -2.40. The molecule has 6 nitrogen and oxygen atoms in total. The van der Waals surface area contributed by atoms with Crippen LogP contribution >= 0.6 is 23.4 Å². The van der Waals surface area contributed by atoms with E-state index in [0.717, 1.165) is 59.2 Å². The normalized spacial score (nSPS) is 18.8. The molecule has 8 heteroatoms. The molecule has 2 heterocycles. The van der Waals surface area contributed by atoms with Gasteiger partial charge in [0.05, 0.1) is 21.2 Å². The SMILES string of the molecule is Cc1cc(/C=C2\SC(=Nc3ccccc3)N(C3CCCCC3)C2=O)c(C)n1-c1ccc(C(=O)O)c(Cl)c1. The van der Waals surface area contributed by atoms with Crippen molar-refractivity contribution in [1.29, 1.82) is 0 Å². The molecule has 1 saturated heterocycles. The number of aliphatic imine (C=N–C) groups is 1. The van der Waals surface area contributed by atoms with Gasteiger partial charge in [0, 0.05) is 23.1 Å². The Hall–Kier alpha value is -3.29. The number of carboxylic acids is 1. The molecule has 1 aromatic heterocycles. The predicted octanol–water partition coefficient (Wildman–Crippen LogP) is 7.38. The molecule has 1 aliphatic carbocycles. The number of hydrogen-bond acceptors (Lipinski definition) is 4. The van der Waals surface area contributed by atoms with Gasteiger partial charge in [-0.15, -0.1) is 0 Å². The topological polar surface area (TPSA) is 74.9 Å². The second kappa shape index (κ2) is 10.6. The molecule has 37 heavy (non-hydrogen) atoms. The summed E-state index contributed by atoms with van der Waals surface area (Å²) in [4.78, 5) is 32.5. The molecular formula is C29H28ClN3O3S. The minimum atomic E-state index is -1.06. The van der Waals surface area contributed by atoms with Gasteiger partial charge in [0.2, 0.25) is 0 Å². The maximum atomic E-state index is 13.7. The first-order valence-corrected chi connectivity index (χ1v) is 13.6. The largest absolute Gasteiger partial charge is 0.478 e. The Bertz CT molecular complexity index is 1420. The molecule has 0 atom stereocenters. The van der Waals surface area contributed by atoms with E-state index in [1.807, 2.05) is 65.8 Å². The van der Waals surface area contributed by atoms with Crippen molar-refractivity contribution in [3.63, 3.8) is 0 Å². The van der Waals surface area contributed by atoms with Crippen LogP contribution in [0, 0.1) is 13.8 Å². The van der Waals surface area contributed by atoms with Gasteiger partial charge >= 0.3 is 5.97 Å². The Kier molecular flexibility index (Phi) is 7.26. The highest BCUT2D eigenvalue weighted by atomic mass is 35.5. The Morgan fingerprint density at radius 2 is 1.81 bits per heavy atom. The first-order chi connectivity index (χ1) is 17.8. The van der Waals surface area contributed by atoms with Crippen molar-refractivity contribution < 1.29 is 14.7 Å². The van der Waals surface area contributed by atoms with Gasteiger partial charge in [0.1, 0.15) is 0 Å². The number of halogens is 1. The van der Waals surface area contributed by atoms with Crippen molar-refractivity contribution in [3.8, 4) is 5.69 Å². The number of carbonyl (C=O) groups excluding carboxylic acids is 1. The molecule has 2 aliphatic rings. The Balaban J connectivity index is 1.51. The van der Waals surface area contributed by atoms with E-state index in [9.17, 15) is 14.7 Å². The molecular weight excluding hydrogens is 506 g/mol. The number of carbonyl (C=O) groups is 2. The number of amidine groups is 1. The summed E-state index contributed by atoms with van der Waals surface area (Å²) in [5.74, 6) is -1.06. The summed E-state index contributed by atoms with van der Waals surface area (Å²) in [5.41, 5.74) is 4.50. The molecule has 1 aliphatic heterocycles. The van der Waals surface area contributed by atoms with E-state index in [4.69, 9.17) is 16.6 Å². The zero-order valence-corrected chi connectivity index (χ0v) is 22.4. The van der Waals surface area contributed by atoms with Crippen molar-refractivity contribution >= 4 is 52.2 Å². The number of hydrogen-bond donors (Lipinski definition) is 1. The highest BCUT2D eigenvalue weighted by Gasteiger charge is 2.38. The lowest BCUT2D eigenvalue weighted by atomic mass is 9.94. The molecule has 0 radical (unpaired) electrons. The molecule has 5 rings (SSSR count). The van der Waals surface area contributed by atoms with Crippen molar-refractivity contribution in [2.24, 2.45) is 4.99 Å². The number of nitrogens with zero attached hydrogens (tertiary/aromatic N) is 3. The first kappa shape index (κ1) is 25.4. The number of carboxylic acid groups (broad SMARTS) is 1. The van der Waals surface area contributed by atoms with E-state index in [2.05, 4.69) is 0 Å². The average Bonchev–Trinajstić information content (AvgIpc) is 3.34. The van der Waals surface area contributed by atoms with Gasteiger partial charge in [0.25, 0.3) is 5.91 Å². The van der Waals surface area contributed by atoms with Crippen LogP contribution in [0.1, 0.15) is 59.4 Å². The quantitative estimate of drug-likeness (QED) is 0.347. The number of aryl methyl sites for hydroxylation is 1. The minimum Gasteiger partial charge on any atom is -0.478 e. The van der Waals surface area contributed by atoms with Gasteiger partial charge in [-0.2, -0.15) is 0 Å². The van der Waals surface area contributed by atoms with Gasteiger partial charge in [-0.05, 0) is 86.5 Å². The van der Waals surface area contributed by atoms with Crippen LogP contribution < -0.4 is 0 Å². The van der Waals surface area contributed by atoms with E-state index in [-0.39, 0.29) is 22.5 Å². The average molecular weight is 534 g/mol. The van der Waals surface area contributed by atoms with Crippen LogP contribution in [0.2, 0.25) is 5.02 Å². The molecule has 1 amide bonds. The van der Waals surface area contributed by atoms with Crippen LogP contribution in [0.25, 0.3) is 11.8 Å². The summed E-state index contributed by atoms with van der Waals surface area (Å²) in [6.45, 7) is 3.97. The molecule has 0 unspecified atom stereocenters.